The molecule has 0 aliphatic heterocycles. The predicted molar refractivity (Wildman–Crippen MR) is 227 cm³/mol. The van der Waals surface area contributed by atoms with Gasteiger partial charge in [-0.05, 0) is 113 Å². The smallest absolute Gasteiger partial charge is 0.178 e. The number of rotatable bonds is 3. The Morgan fingerprint density at radius 3 is 1.50 bits per heavy atom. The van der Waals surface area contributed by atoms with Gasteiger partial charge in [0.25, 0.3) is 0 Å². The molecule has 0 aliphatic rings. The summed E-state index contributed by atoms with van der Waals surface area (Å²) in [6, 6.07) is 65.8. The molecule has 2 nitrogen and oxygen atoms in total. The lowest BCUT2D eigenvalue weighted by molar-refractivity contribution is 0.633. The van der Waals surface area contributed by atoms with Crippen molar-refractivity contribution < 1.29 is 8.83 Å². The van der Waals surface area contributed by atoms with Crippen molar-refractivity contribution in [3.05, 3.63) is 182 Å². The molecule has 54 heavy (non-hydrogen) atoms. The van der Waals surface area contributed by atoms with Crippen molar-refractivity contribution in [1.82, 2.24) is 0 Å². The van der Waals surface area contributed by atoms with Crippen molar-refractivity contribution in [3.63, 3.8) is 0 Å². The molecule has 0 amide bonds. The number of hydrogen-bond acceptors (Lipinski definition) is 2. The monoisotopic (exact) mass is 686 g/mol. The van der Waals surface area contributed by atoms with Gasteiger partial charge in [-0.2, -0.15) is 0 Å². The highest BCUT2D eigenvalue weighted by molar-refractivity contribution is 6.25. The highest BCUT2D eigenvalue weighted by atomic mass is 16.4. The molecule has 2 aromatic heterocycles. The summed E-state index contributed by atoms with van der Waals surface area (Å²) in [6.07, 6.45) is 0. The molecule has 0 saturated carbocycles. The zero-order chi connectivity index (χ0) is 35.3. The summed E-state index contributed by atoms with van der Waals surface area (Å²) in [5, 5.41) is 14.3. The maximum Gasteiger partial charge on any atom is 0.178 e. The van der Waals surface area contributed by atoms with E-state index in [1.807, 2.05) is 0 Å². The van der Waals surface area contributed by atoms with Crippen molar-refractivity contribution in [2.75, 3.05) is 0 Å². The van der Waals surface area contributed by atoms with Gasteiger partial charge in [-0.25, -0.2) is 0 Å². The third-order valence-corrected chi connectivity index (χ3v) is 11.4. The molecule has 0 saturated heterocycles. The van der Waals surface area contributed by atoms with Crippen LogP contribution in [0.5, 0.6) is 0 Å². The first-order valence-corrected chi connectivity index (χ1v) is 18.5. The van der Waals surface area contributed by atoms with E-state index in [4.69, 9.17) is 8.83 Å². The Morgan fingerprint density at radius 2 is 0.759 bits per heavy atom. The molecule has 0 atom stereocenters. The molecule has 2 heterocycles. The maximum absolute atomic E-state index is 6.53. The van der Waals surface area contributed by atoms with Gasteiger partial charge in [0.2, 0.25) is 0 Å². The zero-order valence-corrected chi connectivity index (χ0v) is 29.1. The molecule has 12 aromatic rings. The second kappa shape index (κ2) is 11.2. The number of benzene rings is 10. The van der Waals surface area contributed by atoms with Crippen LogP contribution in [0.3, 0.4) is 0 Å². The van der Waals surface area contributed by atoms with Gasteiger partial charge in [-0.1, -0.05) is 146 Å². The van der Waals surface area contributed by atoms with Gasteiger partial charge in [-0.3, -0.25) is 0 Å². The molecule has 2 heteroatoms. The molecule has 0 aliphatic carbocycles. The standard InChI is InChI=1S/C52H30O2/c1-2-11-35-29-37(22-19-31(35)9-1)49-41-15-7-5-13-39(41)48(40-14-6-8-16-42(40)49)34-20-17-32(18-21-34)36-24-27-46-45(30-36)43-25-26-44-50-38-12-4-3-10-33(38)23-28-47(50)54-52(44)51(43)53-46/h1-30H. The lowest BCUT2D eigenvalue weighted by Gasteiger charge is -2.18. The second-order valence-electron chi connectivity index (χ2n) is 14.4. The minimum Gasteiger partial charge on any atom is -0.452 e. The van der Waals surface area contributed by atoms with Crippen LogP contribution in [0.4, 0.5) is 0 Å². The van der Waals surface area contributed by atoms with E-state index < -0.39 is 0 Å². The molecule has 0 bridgehead atoms. The van der Waals surface area contributed by atoms with Crippen LogP contribution in [0.1, 0.15) is 0 Å². The Labute approximate surface area is 310 Å². The van der Waals surface area contributed by atoms with Crippen molar-refractivity contribution >= 4 is 87.0 Å². The van der Waals surface area contributed by atoms with E-state index in [0.717, 1.165) is 55.0 Å². The van der Waals surface area contributed by atoms with Gasteiger partial charge in [0.1, 0.15) is 11.2 Å². The second-order valence-corrected chi connectivity index (χ2v) is 14.4. The van der Waals surface area contributed by atoms with Gasteiger partial charge in [0.05, 0.1) is 0 Å². The number of hydrogen-bond donors (Lipinski definition) is 0. The van der Waals surface area contributed by atoms with E-state index in [-0.39, 0.29) is 0 Å². The predicted octanol–water partition coefficient (Wildman–Crippen LogP) is 15.1. The van der Waals surface area contributed by atoms with Gasteiger partial charge in [0.15, 0.2) is 11.2 Å². The summed E-state index contributed by atoms with van der Waals surface area (Å²) < 4.78 is 13.0. The van der Waals surface area contributed by atoms with Gasteiger partial charge >= 0.3 is 0 Å². The van der Waals surface area contributed by atoms with Gasteiger partial charge in [0, 0.05) is 21.5 Å². The maximum atomic E-state index is 6.53. The fourth-order valence-electron chi connectivity index (χ4n) is 8.94. The molecule has 0 N–H and O–H groups in total. The van der Waals surface area contributed by atoms with E-state index in [9.17, 15) is 0 Å². The van der Waals surface area contributed by atoms with E-state index in [1.165, 1.54) is 65.3 Å². The third kappa shape index (κ3) is 4.22. The third-order valence-electron chi connectivity index (χ3n) is 11.4. The first-order chi connectivity index (χ1) is 26.8. The van der Waals surface area contributed by atoms with Crippen LogP contribution in [0, 0.1) is 0 Å². The summed E-state index contributed by atoms with van der Waals surface area (Å²) in [7, 11) is 0. The lowest BCUT2D eigenvalue weighted by Crippen LogP contribution is -1.91. The summed E-state index contributed by atoms with van der Waals surface area (Å²) in [4.78, 5) is 0. The Hall–Kier alpha value is -7.16. The molecule has 0 fully saturated rings. The van der Waals surface area contributed by atoms with Crippen LogP contribution < -0.4 is 0 Å². The highest BCUT2D eigenvalue weighted by Crippen LogP contribution is 2.45. The SMILES string of the molecule is c1ccc2cc(-c3c4ccccc4c(-c4ccc(-c5ccc6oc7c(ccc8c7oc7ccc9ccccc9c78)c6c5)cc4)c4ccccc34)ccc2c1. The van der Waals surface area contributed by atoms with Crippen molar-refractivity contribution in [1.29, 1.82) is 0 Å². The Morgan fingerprint density at radius 1 is 0.259 bits per heavy atom. The van der Waals surface area contributed by atoms with E-state index in [2.05, 4.69) is 182 Å². The fraction of sp³-hybridized carbons (Fsp3) is 0. The van der Waals surface area contributed by atoms with Crippen LogP contribution >= 0.6 is 0 Å². The highest BCUT2D eigenvalue weighted by Gasteiger charge is 2.19. The van der Waals surface area contributed by atoms with E-state index in [1.54, 1.807) is 0 Å². The topological polar surface area (TPSA) is 26.3 Å². The quantitative estimate of drug-likeness (QED) is 0.173. The fourth-order valence-corrected chi connectivity index (χ4v) is 8.94. The number of fused-ring (bicyclic) bond motifs is 12. The zero-order valence-electron chi connectivity index (χ0n) is 29.1. The van der Waals surface area contributed by atoms with Crippen LogP contribution in [0.25, 0.3) is 120 Å². The molecule has 0 spiro atoms. The van der Waals surface area contributed by atoms with Crippen LogP contribution in [-0.2, 0) is 0 Å². The summed E-state index contributed by atoms with van der Waals surface area (Å²) in [5.41, 5.74) is 10.6. The van der Waals surface area contributed by atoms with Crippen molar-refractivity contribution in [2.45, 2.75) is 0 Å². The molecule has 0 radical (unpaired) electrons. The minimum absolute atomic E-state index is 0.793. The summed E-state index contributed by atoms with van der Waals surface area (Å²) >= 11 is 0. The first kappa shape index (κ1) is 29.4. The van der Waals surface area contributed by atoms with Crippen LogP contribution in [0.2, 0.25) is 0 Å². The summed E-state index contributed by atoms with van der Waals surface area (Å²) in [6.45, 7) is 0. The van der Waals surface area contributed by atoms with Crippen LogP contribution in [0.15, 0.2) is 191 Å². The molecule has 12 rings (SSSR count). The molecule has 10 aromatic carbocycles. The van der Waals surface area contributed by atoms with Gasteiger partial charge < -0.3 is 8.83 Å². The molecular formula is C52H30O2. The molecular weight excluding hydrogens is 657 g/mol. The van der Waals surface area contributed by atoms with Gasteiger partial charge in [-0.15, -0.1) is 0 Å². The van der Waals surface area contributed by atoms with E-state index in [0.29, 0.717) is 0 Å². The largest absolute Gasteiger partial charge is 0.452 e. The number of furan rings is 2. The minimum atomic E-state index is 0.793. The van der Waals surface area contributed by atoms with E-state index >= 15 is 0 Å². The Kier molecular flexibility index (Phi) is 6.09. The Bertz CT molecular complexity index is 3430. The van der Waals surface area contributed by atoms with Crippen LogP contribution in [-0.4, -0.2) is 0 Å². The normalized spacial score (nSPS) is 12.1. The average Bonchev–Trinajstić information content (AvgIpc) is 3.81. The van der Waals surface area contributed by atoms with Crippen molar-refractivity contribution in [2.24, 2.45) is 0 Å². The molecule has 250 valence electrons. The Balaban J connectivity index is 0.987. The molecule has 0 unspecified atom stereocenters. The van der Waals surface area contributed by atoms with Crippen molar-refractivity contribution in [3.8, 4) is 33.4 Å². The lowest BCUT2D eigenvalue weighted by atomic mass is 9.85. The summed E-state index contributed by atoms with van der Waals surface area (Å²) in [5.74, 6) is 0. The first-order valence-electron chi connectivity index (χ1n) is 18.5. The average molecular weight is 687 g/mol.